The molecule has 0 saturated heterocycles. The summed E-state index contributed by atoms with van der Waals surface area (Å²) in [6.07, 6.45) is 4.56. The van der Waals surface area contributed by atoms with Crippen LogP contribution in [0.3, 0.4) is 0 Å². The molecule has 2 heterocycles. The molecule has 6 heteroatoms. The van der Waals surface area contributed by atoms with Crippen LogP contribution in [-0.4, -0.2) is 34.2 Å². The molecule has 6 nitrogen and oxygen atoms in total. The largest absolute Gasteiger partial charge is 0.350 e. The molecule has 2 aromatic heterocycles. The molecule has 0 aliphatic carbocycles. The minimum Gasteiger partial charge on any atom is -0.350 e. The van der Waals surface area contributed by atoms with Gasteiger partial charge in [0.2, 0.25) is 6.29 Å². The highest BCUT2D eigenvalue weighted by Crippen LogP contribution is 2.16. The summed E-state index contributed by atoms with van der Waals surface area (Å²) in [6, 6.07) is 1.73. The first kappa shape index (κ1) is 12.5. The van der Waals surface area contributed by atoms with Crippen molar-refractivity contribution in [3.8, 4) is 11.6 Å². The predicted octanol–water partition coefficient (Wildman–Crippen LogP) is 1.53. The third kappa shape index (κ3) is 2.66. The quantitative estimate of drug-likeness (QED) is 0.762. The molecule has 0 N–H and O–H groups in total. The second-order valence-electron chi connectivity index (χ2n) is 3.69. The van der Waals surface area contributed by atoms with Gasteiger partial charge < -0.3 is 9.47 Å². The van der Waals surface area contributed by atoms with E-state index in [2.05, 4.69) is 19.9 Å². The molecule has 94 valence electrons. The van der Waals surface area contributed by atoms with Gasteiger partial charge in [-0.05, 0) is 18.6 Å². The van der Waals surface area contributed by atoms with Crippen LogP contribution in [0.15, 0.2) is 24.7 Å². The third-order valence-electron chi connectivity index (χ3n) is 2.33. The molecular formula is C12H14N4O2. The number of aryl methyl sites for hydroxylation is 1. The lowest BCUT2D eigenvalue weighted by atomic mass is 10.3. The fraction of sp³-hybridized carbons (Fsp3) is 0.333. The van der Waals surface area contributed by atoms with E-state index in [4.69, 9.17) is 9.47 Å². The number of methoxy groups -OCH3 is 2. The Kier molecular flexibility index (Phi) is 3.91. The Hall–Kier alpha value is -1.92. The fourth-order valence-electron chi connectivity index (χ4n) is 1.46. The summed E-state index contributed by atoms with van der Waals surface area (Å²) in [6.45, 7) is 1.92. The molecule has 0 spiro atoms. The van der Waals surface area contributed by atoms with E-state index < -0.39 is 6.29 Å². The zero-order valence-electron chi connectivity index (χ0n) is 10.5. The molecule has 0 aliphatic heterocycles. The Labute approximate surface area is 105 Å². The third-order valence-corrected chi connectivity index (χ3v) is 2.33. The molecule has 0 aromatic carbocycles. The SMILES string of the molecule is COC(OC)c1ccnc(-c2ncc(C)cn2)n1. The molecule has 0 saturated carbocycles. The summed E-state index contributed by atoms with van der Waals surface area (Å²) >= 11 is 0. The first-order valence-corrected chi connectivity index (χ1v) is 5.42. The van der Waals surface area contributed by atoms with Crippen LogP contribution < -0.4 is 0 Å². The van der Waals surface area contributed by atoms with Gasteiger partial charge in [-0.25, -0.2) is 19.9 Å². The zero-order chi connectivity index (χ0) is 13.0. The molecule has 0 aliphatic rings. The van der Waals surface area contributed by atoms with Gasteiger partial charge in [-0.3, -0.25) is 0 Å². The zero-order valence-corrected chi connectivity index (χ0v) is 10.5. The molecule has 0 bridgehead atoms. The normalized spacial score (nSPS) is 10.9. The highest BCUT2D eigenvalue weighted by Gasteiger charge is 2.13. The van der Waals surface area contributed by atoms with Gasteiger partial charge in [-0.15, -0.1) is 0 Å². The molecular weight excluding hydrogens is 232 g/mol. The fourth-order valence-corrected chi connectivity index (χ4v) is 1.46. The van der Waals surface area contributed by atoms with Crippen LogP contribution in [0.25, 0.3) is 11.6 Å². The van der Waals surface area contributed by atoms with E-state index in [1.54, 1.807) is 38.9 Å². The van der Waals surface area contributed by atoms with Crippen LogP contribution in [0.5, 0.6) is 0 Å². The van der Waals surface area contributed by atoms with E-state index in [1.807, 2.05) is 6.92 Å². The summed E-state index contributed by atoms with van der Waals surface area (Å²) < 4.78 is 10.3. The lowest BCUT2D eigenvalue weighted by Gasteiger charge is -2.12. The summed E-state index contributed by atoms with van der Waals surface area (Å²) in [5, 5.41) is 0. The minimum absolute atomic E-state index is 0.451. The number of nitrogens with zero attached hydrogens (tertiary/aromatic N) is 4. The lowest BCUT2D eigenvalue weighted by Crippen LogP contribution is -2.07. The summed E-state index contributed by atoms with van der Waals surface area (Å²) in [5.41, 5.74) is 1.62. The average Bonchev–Trinajstić information content (AvgIpc) is 2.41. The monoisotopic (exact) mass is 246 g/mol. The van der Waals surface area contributed by atoms with Gasteiger partial charge in [0.15, 0.2) is 11.6 Å². The average molecular weight is 246 g/mol. The van der Waals surface area contributed by atoms with Crippen LogP contribution in [0.4, 0.5) is 0 Å². The summed E-state index contributed by atoms with van der Waals surface area (Å²) in [5.74, 6) is 0.931. The van der Waals surface area contributed by atoms with Crippen molar-refractivity contribution in [1.82, 2.24) is 19.9 Å². The number of aromatic nitrogens is 4. The van der Waals surface area contributed by atoms with Crippen LogP contribution >= 0.6 is 0 Å². The Morgan fingerprint density at radius 1 is 1.00 bits per heavy atom. The maximum Gasteiger partial charge on any atom is 0.200 e. The number of hydrogen-bond donors (Lipinski definition) is 0. The van der Waals surface area contributed by atoms with Crippen LogP contribution in [-0.2, 0) is 9.47 Å². The van der Waals surface area contributed by atoms with Crippen molar-refractivity contribution < 1.29 is 9.47 Å². The van der Waals surface area contributed by atoms with Gasteiger partial charge in [0.05, 0.1) is 0 Å². The van der Waals surface area contributed by atoms with Gasteiger partial charge >= 0.3 is 0 Å². The molecule has 0 amide bonds. The second kappa shape index (κ2) is 5.61. The first-order chi connectivity index (χ1) is 8.74. The molecule has 0 radical (unpaired) electrons. The van der Waals surface area contributed by atoms with E-state index in [-0.39, 0.29) is 0 Å². The van der Waals surface area contributed by atoms with Crippen LogP contribution in [0.2, 0.25) is 0 Å². The van der Waals surface area contributed by atoms with E-state index in [9.17, 15) is 0 Å². The van der Waals surface area contributed by atoms with Crippen LogP contribution in [0.1, 0.15) is 17.5 Å². The molecule has 0 atom stereocenters. The van der Waals surface area contributed by atoms with Crippen molar-refractivity contribution in [2.75, 3.05) is 14.2 Å². The smallest absolute Gasteiger partial charge is 0.200 e. The van der Waals surface area contributed by atoms with E-state index >= 15 is 0 Å². The number of hydrogen-bond acceptors (Lipinski definition) is 6. The minimum atomic E-state index is -0.516. The molecule has 2 rings (SSSR count). The maximum atomic E-state index is 5.14. The predicted molar refractivity (Wildman–Crippen MR) is 64.6 cm³/mol. The maximum absolute atomic E-state index is 5.14. The lowest BCUT2D eigenvalue weighted by molar-refractivity contribution is -0.108. The number of rotatable bonds is 4. The Bertz CT molecular complexity index is 512. The second-order valence-corrected chi connectivity index (χ2v) is 3.69. The van der Waals surface area contributed by atoms with Gasteiger partial charge in [-0.1, -0.05) is 0 Å². The Morgan fingerprint density at radius 3 is 2.28 bits per heavy atom. The van der Waals surface area contributed by atoms with Crippen molar-refractivity contribution in [1.29, 1.82) is 0 Å². The van der Waals surface area contributed by atoms with E-state index in [0.717, 1.165) is 5.56 Å². The van der Waals surface area contributed by atoms with Gasteiger partial charge in [-0.2, -0.15) is 0 Å². The van der Waals surface area contributed by atoms with Crippen molar-refractivity contribution in [3.05, 3.63) is 35.9 Å². The molecule has 0 unspecified atom stereocenters. The molecule has 2 aromatic rings. The Morgan fingerprint density at radius 2 is 1.67 bits per heavy atom. The molecule has 0 fully saturated rings. The van der Waals surface area contributed by atoms with Crippen molar-refractivity contribution >= 4 is 0 Å². The van der Waals surface area contributed by atoms with E-state index in [0.29, 0.717) is 17.3 Å². The standard InChI is InChI=1S/C12H14N4O2/c1-8-6-14-10(15-7-8)11-13-5-4-9(16-11)12(17-2)18-3/h4-7,12H,1-3H3. The highest BCUT2D eigenvalue weighted by atomic mass is 16.7. The van der Waals surface area contributed by atoms with Crippen molar-refractivity contribution in [2.24, 2.45) is 0 Å². The summed E-state index contributed by atoms with van der Waals surface area (Å²) in [4.78, 5) is 16.8. The van der Waals surface area contributed by atoms with Gasteiger partial charge in [0.1, 0.15) is 5.69 Å². The van der Waals surface area contributed by atoms with Gasteiger partial charge in [0, 0.05) is 32.8 Å². The van der Waals surface area contributed by atoms with Gasteiger partial charge in [0.25, 0.3) is 0 Å². The summed E-state index contributed by atoms with van der Waals surface area (Å²) in [7, 11) is 3.11. The van der Waals surface area contributed by atoms with Crippen LogP contribution in [0, 0.1) is 6.92 Å². The van der Waals surface area contributed by atoms with E-state index in [1.165, 1.54) is 0 Å². The van der Waals surface area contributed by atoms with Crippen molar-refractivity contribution in [3.63, 3.8) is 0 Å². The number of ether oxygens (including phenoxy) is 2. The van der Waals surface area contributed by atoms with Crippen molar-refractivity contribution in [2.45, 2.75) is 13.2 Å². The molecule has 18 heavy (non-hydrogen) atoms. The Balaban J connectivity index is 2.34. The first-order valence-electron chi connectivity index (χ1n) is 5.42. The highest BCUT2D eigenvalue weighted by molar-refractivity contribution is 5.42. The topological polar surface area (TPSA) is 70.0 Å².